The van der Waals surface area contributed by atoms with E-state index in [0.29, 0.717) is 25.2 Å². The van der Waals surface area contributed by atoms with Gasteiger partial charge in [0, 0.05) is 66.9 Å². The number of hydrogen-bond acceptors (Lipinski definition) is 5. The maximum absolute atomic E-state index is 13.6. The standard InChI is InChI=1S/C26H24F3N5O/c1-16-9-32-23-3-2-18(7-22(23)24(16)25(35)33-21-8-20(27)12-31-13-21)19-6-17(10-30-11-19)14-34-5-4-26(28,29)15-34/h2-3,6-8,10-13,32H,4-5,9,14-15H2,1H3,(H,33,35). The number of carbonyl (C=O) groups is 1. The van der Waals surface area contributed by atoms with Crippen LogP contribution in [0.25, 0.3) is 16.7 Å². The fourth-order valence-corrected chi connectivity index (χ4v) is 4.55. The second-order valence-electron chi connectivity index (χ2n) is 9.01. The molecule has 180 valence electrons. The van der Waals surface area contributed by atoms with Gasteiger partial charge in [-0.1, -0.05) is 6.07 Å². The van der Waals surface area contributed by atoms with Gasteiger partial charge in [0.15, 0.2) is 0 Å². The minimum Gasteiger partial charge on any atom is -0.381 e. The molecule has 0 atom stereocenters. The molecule has 5 rings (SSSR count). The Balaban J connectivity index is 1.42. The van der Waals surface area contributed by atoms with Crippen LogP contribution >= 0.6 is 0 Å². The molecule has 35 heavy (non-hydrogen) atoms. The van der Waals surface area contributed by atoms with E-state index in [4.69, 9.17) is 0 Å². The summed E-state index contributed by atoms with van der Waals surface area (Å²) in [5.74, 6) is -3.53. The predicted octanol–water partition coefficient (Wildman–Crippen LogP) is 4.96. The molecule has 2 aromatic heterocycles. The van der Waals surface area contributed by atoms with E-state index in [1.54, 1.807) is 17.3 Å². The largest absolute Gasteiger partial charge is 0.381 e. The minimum atomic E-state index is -2.64. The lowest BCUT2D eigenvalue weighted by Gasteiger charge is -2.23. The summed E-state index contributed by atoms with van der Waals surface area (Å²) >= 11 is 0. The van der Waals surface area contributed by atoms with Gasteiger partial charge in [0.05, 0.1) is 24.6 Å². The molecule has 0 saturated carbocycles. The molecule has 2 N–H and O–H groups in total. The Labute approximate surface area is 200 Å². The van der Waals surface area contributed by atoms with Crippen LogP contribution in [-0.2, 0) is 11.3 Å². The van der Waals surface area contributed by atoms with E-state index >= 15 is 0 Å². The Hall–Kier alpha value is -3.72. The molecular formula is C26H24F3N5O. The molecule has 6 nitrogen and oxygen atoms in total. The van der Waals surface area contributed by atoms with Gasteiger partial charge in [-0.15, -0.1) is 0 Å². The number of rotatable bonds is 5. The molecule has 3 aromatic rings. The van der Waals surface area contributed by atoms with E-state index in [1.807, 2.05) is 31.2 Å². The molecule has 0 unspecified atom stereocenters. The van der Waals surface area contributed by atoms with E-state index in [2.05, 4.69) is 20.6 Å². The van der Waals surface area contributed by atoms with Crippen molar-refractivity contribution in [2.75, 3.05) is 30.3 Å². The van der Waals surface area contributed by atoms with Crippen molar-refractivity contribution >= 4 is 22.9 Å². The topological polar surface area (TPSA) is 70.2 Å². The van der Waals surface area contributed by atoms with Gasteiger partial charge in [0.25, 0.3) is 11.8 Å². The highest BCUT2D eigenvalue weighted by atomic mass is 19.3. The maximum atomic E-state index is 13.6. The second kappa shape index (κ2) is 9.14. The highest BCUT2D eigenvalue weighted by molar-refractivity contribution is 6.27. The van der Waals surface area contributed by atoms with Gasteiger partial charge in [0.2, 0.25) is 0 Å². The van der Waals surface area contributed by atoms with Crippen LogP contribution in [0.4, 0.5) is 24.5 Å². The summed E-state index contributed by atoms with van der Waals surface area (Å²) in [6, 6.07) is 8.91. The summed E-state index contributed by atoms with van der Waals surface area (Å²) in [5.41, 5.74) is 5.68. The Kier molecular flexibility index (Phi) is 6.02. The van der Waals surface area contributed by atoms with Crippen LogP contribution in [-0.4, -0.2) is 46.3 Å². The summed E-state index contributed by atoms with van der Waals surface area (Å²) < 4.78 is 40.7. The molecule has 0 radical (unpaired) electrons. The van der Waals surface area contributed by atoms with Crippen molar-refractivity contribution in [3.05, 3.63) is 77.6 Å². The summed E-state index contributed by atoms with van der Waals surface area (Å²) in [4.78, 5) is 23.0. The van der Waals surface area contributed by atoms with E-state index < -0.39 is 11.7 Å². The minimum absolute atomic E-state index is 0.125. The lowest BCUT2D eigenvalue weighted by Crippen LogP contribution is -2.24. The number of amides is 1. The number of halogens is 3. The Morgan fingerprint density at radius 3 is 2.71 bits per heavy atom. The number of aromatic nitrogens is 2. The fourth-order valence-electron chi connectivity index (χ4n) is 4.55. The van der Waals surface area contributed by atoms with Crippen LogP contribution < -0.4 is 10.6 Å². The zero-order chi connectivity index (χ0) is 24.6. The summed E-state index contributed by atoms with van der Waals surface area (Å²) in [5, 5.41) is 6.05. The van der Waals surface area contributed by atoms with Crippen LogP contribution in [0, 0.1) is 5.82 Å². The van der Waals surface area contributed by atoms with Gasteiger partial charge in [-0.3, -0.25) is 19.7 Å². The predicted molar refractivity (Wildman–Crippen MR) is 128 cm³/mol. The normalized spacial score (nSPS) is 17.1. The third-order valence-corrected chi connectivity index (χ3v) is 6.23. The van der Waals surface area contributed by atoms with Gasteiger partial charge in [-0.05, 0) is 41.8 Å². The molecule has 0 spiro atoms. The number of carbonyl (C=O) groups excluding carboxylic acids is 1. The molecule has 1 aromatic carbocycles. The van der Waals surface area contributed by atoms with Crippen LogP contribution in [0.2, 0.25) is 0 Å². The molecule has 9 heteroatoms. The monoisotopic (exact) mass is 479 g/mol. The zero-order valence-electron chi connectivity index (χ0n) is 19.1. The third kappa shape index (κ3) is 5.05. The third-order valence-electron chi connectivity index (χ3n) is 6.23. The van der Waals surface area contributed by atoms with Gasteiger partial charge in [0.1, 0.15) is 5.82 Å². The number of nitrogens with zero attached hydrogens (tertiary/aromatic N) is 3. The van der Waals surface area contributed by atoms with Crippen molar-refractivity contribution in [1.29, 1.82) is 0 Å². The highest BCUT2D eigenvalue weighted by Gasteiger charge is 2.37. The number of hydrogen-bond donors (Lipinski definition) is 2. The van der Waals surface area contributed by atoms with E-state index in [9.17, 15) is 18.0 Å². The molecule has 2 aliphatic heterocycles. The van der Waals surface area contributed by atoms with Crippen molar-refractivity contribution in [1.82, 2.24) is 14.9 Å². The first-order valence-corrected chi connectivity index (χ1v) is 11.3. The summed E-state index contributed by atoms with van der Waals surface area (Å²) in [6.07, 6.45) is 5.75. The molecule has 1 amide bonds. The fraction of sp³-hybridized carbons (Fsp3) is 0.269. The lowest BCUT2D eigenvalue weighted by atomic mass is 9.91. The van der Waals surface area contributed by atoms with Crippen molar-refractivity contribution < 1.29 is 18.0 Å². The first-order chi connectivity index (χ1) is 16.8. The first-order valence-electron chi connectivity index (χ1n) is 11.3. The lowest BCUT2D eigenvalue weighted by molar-refractivity contribution is -0.111. The van der Waals surface area contributed by atoms with Crippen molar-refractivity contribution in [2.24, 2.45) is 0 Å². The number of fused-ring (bicyclic) bond motifs is 1. The summed E-state index contributed by atoms with van der Waals surface area (Å²) in [7, 11) is 0. The zero-order valence-corrected chi connectivity index (χ0v) is 19.1. The number of pyridine rings is 2. The smallest absolute Gasteiger partial charge is 0.261 e. The number of likely N-dealkylation sites (tertiary alicyclic amines) is 1. The molecule has 2 aliphatic rings. The van der Waals surface area contributed by atoms with Crippen LogP contribution in [0.3, 0.4) is 0 Å². The van der Waals surface area contributed by atoms with Gasteiger partial charge in [-0.25, -0.2) is 13.2 Å². The number of nitrogens with one attached hydrogen (secondary N) is 2. The second-order valence-corrected chi connectivity index (χ2v) is 9.01. The first kappa shape index (κ1) is 23.0. The molecule has 1 saturated heterocycles. The van der Waals surface area contributed by atoms with Crippen molar-refractivity contribution in [2.45, 2.75) is 25.8 Å². The van der Waals surface area contributed by atoms with Crippen LogP contribution in [0.15, 0.2) is 60.7 Å². The van der Waals surface area contributed by atoms with Crippen LogP contribution in [0.1, 0.15) is 24.5 Å². The quantitative estimate of drug-likeness (QED) is 0.541. The van der Waals surface area contributed by atoms with Gasteiger partial charge < -0.3 is 10.6 Å². The molecule has 0 bridgehead atoms. The summed E-state index contributed by atoms with van der Waals surface area (Å²) in [6.45, 7) is 2.89. The SMILES string of the molecule is CC1=C(C(=O)Nc2cncc(F)c2)c2cc(-c3cncc(CN4CCC(F)(F)C4)c3)ccc2NC1. The van der Waals surface area contributed by atoms with Crippen molar-refractivity contribution in [3.8, 4) is 11.1 Å². The average Bonchev–Trinajstić information content (AvgIpc) is 3.16. The van der Waals surface area contributed by atoms with E-state index in [-0.39, 0.29) is 24.6 Å². The highest BCUT2D eigenvalue weighted by Crippen LogP contribution is 2.35. The number of alkyl halides is 2. The maximum Gasteiger partial charge on any atom is 0.261 e. The van der Waals surface area contributed by atoms with E-state index in [0.717, 1.165) is 39.7 Å². The van der Waals surface area contributed by atoms with Crippen LogP contribution in [0.5, 0.6) is 0 Å². The van der Waals surface area contributed by atoms with E-state index in [1.165, 1.54) is 12.3 Å². The Morgan fingerprint density at radius 1 is 1.11 bits per heavy atom. The average molecular weight is 480 g/mol. The molecule has 1 fully saturated rings. The van der Waals surface area contributed by atoms with Crippen molar-refractivity contribution in [3.63, 3.8) is 0 Å². The Morgan fingerprint density at radius 2 is 1.94 bits per heavy atom. The number of benzene rings is 1. The van der Waals surface area contributed by atoms with Gasteiger partial charge in [-0.2, -0.15) is 0 Å². The molecule has 0 aliphatic carbocycles. The van der Waals surface area contributed by atoms with Gasteiger partial charge >= 0.3 is 0 Å². The Bertz CT molecular complexity index is 1320. The molecule has 4 heterocycles. The molecular weight excluding hydrogens is 455 g/mol. The number of anilines is 2.